The molecule has 25 heavy (non-hydrogen) atoms. The van der Waals surface area contributed by atoms with Gasteiger partial charge in [0.2, 0.25) is 5.71 Å². The number of halogens is 1. The largest absolute Gasteiger partial charge is 0.442 e. The van der Waals surface area contributed by atoms with E-state index in [0.29, 0.717) is 48.0 Å². The minimum Gasteiger partial charge on any atom is -0.442 e. The molecule has 1 N–H and O–H groups in total. The van der Waals surface area contributed by atoms with Crippen LogP contribution in [-0.2, 0) is 4.74 Å². The predicted molar refractivity (Wildman–Crippen MR) is 102 cm³/mol. The number of anilines is 1. The van der Waals surface area contributed by atoms with Crippen LogP contribution in [0.2, 0.25) is 0 Å². The van der Waals surface area contributed by atoms with Crippen LogP contribution in [0.3, 0.4) is 0 Å². The minimum atomic E-state index is -0.0798. The number of ether oxygens (including phenoxy) is 1. The van der Waals surface area contributed by atoms with E-state index in [2.05, 4.69) is 52.0 Å². The zero-order chi connectivity index (χ0) is 17.8. The number of carbonyl (C=O) groups is 1. The third-order valence-electron chi connectivity index (χ3n) is 4.94. The Hall–Kier alpha value is -1.42. The number of hydrogen-bond acceptors (Lipinski definition) is 6. The number of amides is 1. The van der Waals surface area contributed by atoms with Crippen LogP contribution in [0, 0.1) is 12.3 Å². The lowest BCUT2D eigenvalue weighted by Gasteiger charge is -2.39. The fourth-order valence-electron chi connectivity index (χ4n) is 3.06. The van der Waals surface area contributed by atoms with Crippen molar-refractivity contribution in [2.24, 2.45) is 5.41 Å². The summed E-state index contributed by atoms with van der Waals surface area (Å²) in [6.07, 6.45) is 3.66. The number of furan rings is 1. The summed E-state index contributed by atoms with van der Waals surface area (Å²) in [6, 6.07) is 0. The van der Waals surface area contributed by atoms with Crippen LogP contribution >= 0.6 is 22.9 Å². The van der Waals surface area contributed by atoms with Crippen LogP contribution in [0.1, 0.15) is 42.8 Å². The Balaban J connectivity index is 1.70. The Morgan fingerprint density at radius 1 is 1.36 bits per heavy atom. The summed E-state index contributed by atoms with van der Waals surface area (Å²) in [7, 11) is 0. The summed E-state index contributed by atoms with van der Waals surface area (Å²) in [6.45, 7) is 8.07. The van der Waals surface area contributed by atoms with Gasteiger partial charge in [-0.2, -0.15) is 0 Å². The summed E-state index contributed by atoms with van der Waals surface area (Å²) >= 11 is 2.08. The van der Waals surface area contributed by atoms with Gasteiger partial charge in [0.1, 0.15) is 17.9 Å². The van der Waals surface area contributed by atoms with Gasteiger partial charge in [-0.05, 0) is 26.7 Å². The lowest BCUT2D eigenvalue weighted by Crippen LogP contribution is -2.47. The van der Waals surface area contributed by atoms with Crippen LogP contribution in [-0.4, -0.2) is 44.3 Å². The molecule has 0 unspecified atom stereocenters. The highest BCUT2D eigenvalue weighted by molar-refractivity contribution is 14.1. The first kappa shape index (κ1) is 17.0. The van der Waals surface area contributed by atoms with Crippen LogP contribution < -0.4 is 5.32 Å². The van der Waals surface area contributed by atoms with Crippen LogP contribution in [0.5, 0.6) is 0 Å². The topological polar surface area (TPSA) is 80.5 Å². The van der Waals surface area contributed by atoms with E-state index in [1.54, 1.807) is 10.0 Å². The van der Waals surface area contributed by atoms with Gasteiger partial charge < -0.3 is 14.5 Å². The van der Waals surface area contributed by atoms with Gasteiger partial charge in [-0.25, -0.2) is 9.97 Å². The maximum absolute atomic E-state index is 13.1. The highest BCUT2D eigenvalue weighted by Gasteiger charge is 2.40. The van der Waals surface area contributed by atoms with Gasteiger partial charge in [0.05, 0.1) is 47.0 Å². The summed E-state index contributed by atoms with van der Waals surface area (Å²) in [5, 5.41) is 4.12. The molecule has 8 heteroatoms. The smallest absolute Gasteiger partial charge is 0.266 e. The number of hydrogen-bond donors (Lipinski definition) is 1. The van der Waals surface area contributed by atoms with Gasteiger partial charge in [-0.3, -0.25) is 7.91 Å². The molecule has 1 saturated heterocycles. The number of nitrogens with one attached hydrogen (secondary N) is 1. The normalized spacial score (nSPS) is 20.2. The first-order valence-corrected chi connectivity index (χ1v) is 9.34. The first-order valence-electron chi connectivity index (χ1n) is 8.38. The zero-order valence-corrected chi connectivity index (χ0v) is 16.7. The summed E-state index contributed by atoms with van der Waals surface area (Å²) < 4.78 is 12.8. The Labute approximate surface area is 160 Å². The molecule has 0 spiro atoms. The van der Waals surface area contributed by atoms with Gasteiger partial charge in [0.15, 0.2) is 0 Å². The van der Waals surface area contributed by atoms with E-state index in [1.807, 2.05) is 0 Å². The van der Waals surface area contributed by atoms with Gasteiger partial charge in [-0.1, -0.05) is 6.92 Å². The highest BCUT2D eigenvalue weighted by Crippen LogP contribution is 2.40. The highest BCUT2D eigenvalue weighted by atomic mass is 127. The van der Waals surface area contributed by atoms with Crippen molar-refractivity contribution in [2.45, 2.75) is 39.2 Å². The van der Waals surface area contributed by atoms with Crippen LogP contribution in [0.15, 0.2) is 10.7 Å². The predicted octanol–water partition coefficient (Wildman–Crippen LogP) is 3.32. The van der Waals surface area contributed by atoms with Crippen molar-refractivity contribution in [1.82, 2.24) is 13.1 Å². The molecule has 2 aromatic heterocycles. The molecular formula is C17H21IN4O3. The third kappa shape index (κ3) is 3.10. The summed E-state index contributed by atoms with van der Waals surface area (Å²) in [4.78, 5) is 21.7. The maximum Gasteiger partial charge on any atom is 0.266 e. The lowest BCUT2D eigenvalue weighted by molar-refractivity contribution is -0.103. The molecule has 0 aromatic carbocycles. The Bertz CT molecular complexity index is 842. The molecule has 7 nitrogen and oxygen atoms in total. The second kappa shape index (κ2) is 5.80. The zero-order valence-electron chi connectivity index (χ0n) is 14.6. The molecule has 0 bridgehead atoms. The lowest BCUT2D eigenvalue weighted by atomic mass is 9.88. The number of aryl methyl sites for hydroxylation is 1. The molecule has 2 fully saturated rings. The Morgan fingerprint density at radius 3 is 2.68 bits per heavy atom. The number of carbonyl (C=O) groups excluding carboxylic acids is 1. The van der Waals surface area contributed by atoms with Crippen molar-refractivity contribution in [2.75, 3.05) is 25.1 Å². The summed E-state index contributed by atoms with van der Waals surface area (Å²) in [5.74, 6) is 1.16. The molecule has 1 aliphatic carbocycles. The number of rotatable bonds is 5. The second-order valence-electron chi connectivity index (χ2n) is 7.75. The van der Waals surface area contributed by atoms with Crippen molar-refractivity contribution in [3.05, 3.63) is 17.7 Å². The molecule has 3 heterocycles. The quantitative estimate of drug-likeness (QED) is 0.550. The molecule has 1 amide bonds. The van der Waals surface area contributed by atoms with E-state index in [4.69, 9.17) is 9.15 Å². The van der Waals surface area contributed by atoms with Gasteiger partial charge >= 0.3 is 0 Å². The molecule has 2 aromatic rings. The van der Waals surface area contributed by atoms with E-state index in [-0.39, 0.29) is 16.9 Å². The molecule has 1 saturated carbocycles. The standard InChI is InChI=1S/C17H21IN4O3/c1-10-11(15(23)22(18)6-16(2)7-24-8-16)12-13(21-17(3)4-5-17)19-9-20-14(12)25-10/h9H,4-8H2,1-3H3,(H,19,20,21). The monoisotopic (exact) mass is 456 g/mol. The molecule has 4 rings (SSSR count). The van der Waals surface area contributed by atoms with Gasteiger partial charge in [0.25, 0.3) is 5.91 Å². The van der Waals surface area contributed by atoms with Crippen molar-refractivity contribution >= 4 is 45.7 Å². The van der Waals surface area contributed by atoms with Gasteiger partial charge in [-0.15, -0.1) is 0 Å². The minimum absolute atomic E-state index is 0.0172. The fraction of sp³-hybridized carbons (Fsp3) is 0.588. The van der Waals surface area contributed by atoms with Crippen LogP contribution in [0.4, 0.5) is 5.82 Å². The van der Waals surface area contributed by atoms with Crippen molar-refractivity contribution in [3.63, 3.8) is 0 Å². The van der Waals surface area contributed by atoms with Crippen molar-refractivity contribution in [1.29, 1.82) is 0 Å². The Morgan fingerprint density at radius 2 is 2.08 bits per heavy atom. The molecule has 0 atom stereocenters. The number of nitrogens with zero attached hydrogens (tertiary/aromatic N) is 3. The number of fused-ring (bicyclic) bond motifs is 1. The second-order valence-corrected chi connectivity index (χ2v) is 8.91. The average molecular weight is 456 g/mol. The third-order valence-corrected chi connectivity index (χ3v) is 5.72. The van der Waals surface area contributed by atoms with E-state index in [1.165, 1.54) is 6.33 Å². The van der Waals surface area contributed by atoms with Crippen molar-refractivity contribution in [3.8, 4) is 0 Å². The van der Waals surface area contributed by atoms with Crippen LogP contribution in [0.25, 0.3) is 11.1 Å². The van der Waals surface area contributed by atoms with E-state index in [0.717, 1.165) is 12.8 Å². The number of aromatic nitrogens is 2. The first-order chi connectivity index (χ1) is 11.8. The van der Waals surface area contributed by atoms with E-state index in [9.17, 15) is 4.79 Å². The summed E-state index contributed by atoms with van der Waals surface area (Å²) in [5.41, 5.74) is 1.06. The maximum atomic E-state index is 13.1. The Kier molecular flexibility index (Phi) is 3.95. The SMILES string of the molecule is Cc1oc2ncnc(NC3(C)CC3)c2c1C(=O)N(I)CC1(C)COC1. The van der Waals surface area contributed by atoms with Crippen molar-refractivity contribution < 1.29 is 13.9 Å². The molecule has 1 aliphatic heterocycles. The molecule has 2 aliphatic rings. The van der Waals surface area contributed by atoms with E-state index >= 15 is 0 Å². The molecule has 134 valence electrons. The average Bonchev–Trinajstić information content (AvgIpc) is 3.14. The molecular weight excluding hydrogens is 435 g/mol. The van der Waals surface area contributed by atoms with Gasteiger partial charge in [0, 0.05) is 17.5 Å². The molecule has 0 radical (unpaired) electrons. The van der Waals surface area contributed by atoms with E-state index < -0.39 is 0 Å². The fourth-order valence-corrected chi connectivity index (χ4v) is 4.13.